The molecule has 0 radical (unpaired) electrons. The minimum absolute atomic E-state index is 0.0695. The molecular formula is C19H27N3O2. The Morgan fingerprint density at radius 3 is 2.75 bits per heavy atom. The van der Waals surface area contributed by atoms with Crippen molar-refractivity contribution >= 4 is 11.8 Å². The molecule has 2 fully saturated rings. The van der Waals surface area contributed by atoms with Crippen molar-refractivity contribution in [3.63, 3.8) is 0 Å². The largest absolute Gasteiger partial charge is 0.358 e. The summed E-state index contributed by atoms with van der Waals surface area (Å²) in [7, 11) is 1.68. The van der Waals surface area contributed by atoms with E-state index in [2.05, 4.69) is 22.3 Å². The smallest absolute Gasteiger partial charge is 0.233 e. The molecule has 1 atom stereocenters. The Morgan fingerprint density at radius 2 is 2.00 bits per heavy atom. The van der Waals surface area contributed by atoms with Gasteiger partial charge in [0.2, 0.25) is 11.8 Å². The van der Waals surface area contributed by atoms with Crippen molar-refractivity contribution in [3.05, 3.63) is 35.9 Å². The van der Waals surface area contributed by atoms with Crippen molar-refractivity contribution in [1.29, 1.82) is 0 Å². The summed E-state index contributed by atoms with van der Waals surface area (Å²) in [6, 6.07) is 10.2. The molecule has 1 aromatic rings. The third-order valence-corrected chi connectivity index (χ3v) is 5.35. The topological polar surface area (TPSA) is 52.7 Å². The van der Waals surface area contributed by atoms with E-state index < -0.39 is 0 Å². The molecule has 3 rings (SSSR count). The molecule has 0 bridgehead atoms. The van der Waals surface area contributed by atoms with E-state index in [0.717, 1.165) is 38.9 Å². The Labute approximate surface area is 144 Å². The van der Waals surface area contributed by atoms with E-state index in [9.17, 15) is 9.59 Å². The Balaban J connectivity index is 1.67. The molecule has 2 saturated heterocycles. The van der Waals surface area contributed by atoms with Crippen molar-refractivity contribution in [2.45, 2.75) is 32.2 Å². The zero-order valence-corrected chi connectivity index (χ0v) is 14.5. The first-order valence-electron chi connectivity index (χ1n) is 8.85. The zero-order chi connectivity index (χ0) is 17.0. The third kappa shape index (κ3) is 3.96. The van der Waals surface area contributed by atoms with Gasteiger partial charge >= 0.3 is 0 Å². The van der Waals surface area contributed by atoms with Gasteiger partial charge < -0.3 is 10.2 Å². The molecule has 2 heterocycles. The fraction of sp³-hybridized carbons (Fsp3) is 0.579. The van der Waals surface area contributed by atoms with Crippen LogP contribution in [0.2, 0.25) is 0 Å². The van der Waals surface area contributed by atoms with E-state index in [-0.39, 0.29) is 17.2 Å². The molecule has 1 N–H and O–H groups in total. The van der Waals surface area contributed by atoms with Crippen LogP contribution < -0.4 is 5.32 Å². The van der Waals surface area contributed by atoms with Crippen LogP contribution >= 0.6 is 0 Å². The lowest BCUT2D eigenvalue weighted by molar-refractivity contribution is -0.141. The lowest BCUT2D eigenvalue weighted by atomic mass is 9.73. The van der Waals surface area contributed by atoms with E-state index in [1.54, 1.807) is 7.05 Å². The van der Waals surface area contributed by atoms with E-state index in [1.807, 2.05) is 23.1 Å². The predicted octanol–water partition coefficient (Wildman–Crippen LogP) is 1.64. The Morgan fingerprint density at radius 1 is 1.21 bits per heavy atom. The number of hydrogen-bond donors (Lipinski definition) is 1. The van der Waals surface area contributed by atoms with Crippen molar-refractivity contribution < 1.29 is 9.59 Å². The number of likely N-dealkylation sites (N-methyl/N-ethyl adjacent to an activating group) is 1. The number of nitrogens with zero attached hydrogens (tertiary/aromatic N) is 2. The number of rotatable bonds is 4. The third-order valence-electron chi connectivity index (χ3n) is 5.35. The summed E-state index contributed by atoms with van der Waals surface area (Å²) in [5.41, 5.74) is 1.33. The van der Waals surface area contributed by atoms with Gasteiger partial charge in [-0.25, -0.2) is 0 Å². The van der Waals surface area contributed by atoms with Crippen LogP contribution in [0.1, 0.15) is 31.2 Å². The predicted molar refractivity (Wildman–Crippen MR) is 93.3 cm³/mol. The van der Waals surface area contributed by atoms with Crippen LogP contribution in [0.4, 0.5) is 0 Å². The number of nitrogens with one attached hydrogen (secondary N) is 1. The highest BCUT2D eigenvalue weighted by Crippen LogP contribution is 2.39. The molecule has 2 aliphatic heterocycles. The monoisotopic (exact) mass is 329 g/mol. The minimum Gasteiger partial charge on any atom is -0.358 e. The maximum Gasteiger partial charge on any atom is 0.233 e. The summed E-state index contributed by atoms with van der Waals surface area (Å²) in [6.45, 7) is 3.85. The first kappa shape index (κ1) is 17.0. The van der Waals surface area contributed by atoms with Crippen molar-refractivity contribution in [2.24, 2.45) is 5.41 Å². The van der Waals surface area contributed by atoms with E-state index in [0.29, 0.717) is 19.5 Å². The molecule has 5 nitrogen and oxygen atoms in total. The van der Waals surface area contributed by atoms with Gasteiger partial charge in [-0.1, -0.05) is 30.3 Å². The van der Waals surface area contributed by atoms with Crippen LogP contribution in [0.5, 0.6) is 0 Å². The van der Waals surface area contributed by atoms with Crippen LogP contribution in [0.3, 0.4) is 0 Å². The first-order valence-corrected chi connectivity index (χ1v) is 8.85. The quantitative estimate of drug-likeness (QED) is 0.914. The summed E-state index contributed by atoms with van der Waals surface area (Å²) in [4.78, 5) is 28.3. The van der Waals surface area contributed by atoms with Crippen LogP contribution in [-0.2, 0) is 16.1 Å². The molecule has 24 heavy (non-hydrogen) atoms. The van der Waals surface area contributed by atoms with E-state index >= 15 is 0 Å². The normalized spacial score (nSPS) is 25.0. The van der Waals surface area contributed by atoms with E-state index in [1.165, 1.54) is 5.56 Å². The summed E-state index contributed by atoms with van der Waals surface area (Å²) in [5, 5.41) is 2.71. The number of likely N-dealkylation sites (tertiary alicyclic amines) is 2. The molecule has 130 valence electrons. The molecule has 0 unspecified atom stereocenters. The fourth-order valence-electron chi connectivity index (χ4n) is 4.11. The summed E-state index contributed by atoms with van der Waals surface area (Å²) in [6.07, 6.45) is 3.82. The molecule has 2 amide bonds. The standard InChI is InChI=1S/C19H27N3O2/c1-20-17(23)13-21-11-5-9-19(14-21)10-8-18(24)22(15-19)12-16-6-3-2-4-7-16/h2-4,6-7H,5,8-15H2,1H3,(H,20,23)/t19-/m0/s1. The second-order valence-electron chi connectivity index (χ2n) is 7.22. The van der Waals surface area contributed by atoms with Crippen LogP contribution in [-0.4, -0.2) is 54.8 Å². The van der Waals surface area contributed by atoms with Gasteiger partial charge in [0.25, 0.3) is 0 Å². The van der Waals surface area contributed by atoms with Crippen molar-refractivity contribution in [1.82, 2.24) is 15.1 Å². The molecule has 2 aliphatic rings. The van der Waals surface area contributed by atoms with Crippen molar-refractivity contribution in [2.75, 3.05) is 33.2 Å². The summed E-state index contributed by atoms with van der Waals surface area (Å²) in [5.74, 6) is 0.327. The molecule has 0 aromatic heterocycles. The summed E-state index contributed by atoms with van der Waals surface area (Å²) >= 11 is 0. The fourth-order valence-corrected chi connectivity index (χ4v) is 4.11. The highest BCUT2D eigenvalue weighted by molar-refractivity contribution is 5.78. The van der Waals surface area contributed by atoms with Gasteiger partial charge in [0.05, 0.1) is 6.54 Å². The highest BCUT2D eigenvalue weighted by atomic mass is 16.2. The number of benzene rings is 1. The Bertz CT molecular complexity index is 590. The number of amides is 2. The Hall–Kier alpha value is -1.88. The molecular weight excluding hydrogens is 302 g/mol. The lowest BCUT2D eigenvalue weighted by Crippen LogP contribution is -2.54. The number of piperidine rings is 2. The zero-order valence-electron chi connectivity index (χ0n) is 14.5. The van der Waals surface area contributed by atoms with Gasteiger partial charge in [-0.2, -0.15) is 0 Å². The van der Waals surface area contributed by atoms with Crippen LogP contribution in [0.25, 0.3) is 0 Å². The molecule has 0 saturated carbocycles. The average molecular weight is 329 g/mol. The van der Waals surface area contributed by atoms with Gasteiger partial charge in [-0.15, -0.1) is 0 Å². The SMILES string of the molecule is CNC(=O)CN1CCC[C@]2(CCC(=O)N(Cc3ccccc3)C2)C1. The van der Waals surface area contributed by atoms with Gasteiger partial charge in [0.15, 0.2) is 0 Å². The molecule has 1 aromatic carbocycles. The van der Waals surface area contributed by atoms with Gasteiger partial charge in [-0.3, -0.25) is 14.5 Å². The van der Waals surface area contributed by atoms with Crippen molar-refractivity contribution in [3.8, 4) is 0 Å². The Kier molecular flexibility index (Phi) is 5.19. The molecule has 1 spiro atoms. The van der Waals surface area contributed by atoms with Gasteiger partial charge in [-0.05, 0) is 31.4 Å². The van der Waals surface area contributed by atoms with Gasteiger partial charge in [0, 0.05) is 38.5 Å². The molecule has 5 heteroatoms. The minimum atomic E-state index is 0.0695. The van der Waals surface area contributed by atoms with Gasteiger partial charge in [0.1, 0.15) is 0 Å². The van der Waals surface area contributed by atoms with E-state index in [4.69, 9.17) is 0 Å². The number of hydrogen-bond acceptors (Lipinski definition) is 3. The van der Waals surface area contributed by atoms with Crippen LogP contribution in [0, 0.1) is 5.41 Å². The average Bonchev–Trinajstić information content (AvgIpc) is 2.59. The molecule has 0 aliphatic carbocycles. The second-order valence-corrected chi connectivity index (χ2v) is 7.22. The number of carbonyl (C=O) groups excluding carboxylic acids is 2. The second kappa shape index (κ2) is 7.34. The first-order chi connectivity index (χ1) is 11.6. The maximum atomic E-state index is 12.4. The highest BCUT2D eigenvalue weighted by Gasteiger charge is 2.41. The lowest BCUT2D eigenvalue weighted by Gasteiger charge is -2.48. The maximum absolute atomic E-state index is 12.4. The van der Waals surface area contributed by atoms with Crippen LogP contribution in [0.15, 0.2) is 30.3 Å². The number of carbonyl (C=O) groups is 2. The summed E-state index contributed by atoms with van der Waals surface area (Å²) < 4.78 is 0.